The summed E-state index contributed by atoms with van der Waals surface area (Å²) in [5.74, 6) is 0.908. The summed E-state index contributed by atoms with van der Waals surface area (Å²) in [6.45, 7) is 4.29. The molecule has 1 aromatic carbocycles. The smallest absolute Gasteiger partial charge is 0.134 e. The second-order valence-corrected chi connectivity index (χ2v) is 4.27. The molecule has 0 aliphatic carbocycles. The van der Waals surface area contributed by atoms with E-state index in [2.05, 4.69) is 32.0 Å². The zero-order valence-electron chi connectivity index (χ0n) is 9.99. The molecular formula is C14H19NO. The summed E-state index contributed by atoms with van der Waals surface area (Å²) in [5, 5.41) is 1.17. The van der Waals surface area contributed by atoms with Crippen molar-refractivity contribution in [1.29, 1.82) is 0 Å². The molecule has 2 N–H and O–H groups in total. The number of fused-ring (bicyclic) bond motifs is 1. The molecule has 1 aromatic heterocycles. The van der Waals surface area contributed by atoms with Gasteiger partial charge in [-0.15, -0.1) is 0 Å². The van der Waals surface area contributed by atoms with Crippen LogP contribution in [-0.2, 0) is 6.42 Å². The van der Waals surface area contributed by atoms with Gasteiger partial charge in [-0.25, -0.2) is 0 Å². The number of rotatable bonds is 4. The lowest BCUT2D eigenvalue weighted by Crippen LogP contribution is -2.08. The summed E-state index contributed by atoms with van der Waals surface area (Å²) in [6.07, 6.45) is 3.11. The van der Waals surface area contributed by atoms with Gasteiger partial charge in [-0.1, -0.05) is 26.3 Å². The quantitative estimate of drug-likeness (QED) is 0.846. The minimum Gasteiger partial charge on any atom is -0.459 e. The molecule has 1 atom stereocenters. The predicted octanol–water partition coefficient (Wildman–Crippen LogP) is 3.80. The average molecular weight is 217 g/mol. The van der Waals surface area contributed by atoms with Crippen LogP contribution in [0.4, 0.5) is 0 Å². The van der Waals surface area contributed by atoms with Gasteiger partial charge in [-0.2, -0.15) is 0 Å². The molecule has 0 radical (unpaired) electrons. The fourth-order valence-corrected chi connectivity index (χ4v) is 1.97. The third-order valence-electron chi connectivity index (χ3n) is 2.97. The molecular weight excluding hydrogens is 198 g/mol. The van der Waals surface area contributed by atoms with E-state index in [0.717, 1.165) is 30.6 Å². The molecule has 16 heavy (non-hydrogen) atoms. The van der Waals surface area contributed by atoms with Gasteiger partial charge in [0.1, 0.15) is 11.3 Å². The Bertz CT molecular complexity index is 473. The molecule has 0 fully saturated rings. The van der Waals surface area contributed by atoms with E-state index in [1.807, 2.05) is 6.07 Å². The van der Waals surface area contributed by atoms with Crippen LogP contribution < -0.4 is 5.73 Å². The maximum atomic E-state index is 6.05. The number of nitrogens with two attached hydrogens (primary N) is 1. The average Bonchev–Trinajstić information content (AvgIpc) is 2.71. The lowest BCUT2D eigenvalue weighted by atomic mass is 10.1. The highest BCUT2D eigenvalue weighted by molar-refractivity contribution is 5.78. The van der Waals surface area contributed by atoms with Gasteiger partial charge in [0.05, 0.1) is 6.04 Å². The Morgan fingerprint density at radius 3 is 2.75 bits per heavy atom. The van der Waals surface area contributed by atoms with Crippen LogP contribution in [0, 0.1) is 0 Å². The first-order chi connectivity index (χ1) is 7.74. The standard InChI is InChI=1S/C14H19NO/c1-3-5-12(15)14-9-11-8-10(4-2)6-7-13(11)16-14/h6-9,12H,3-5,15H2,1-2H3. The minimum absolute atomic E-state index is 0.0301. The van der Waals surface area contributed by atoms with Crippen molar-refractivity contribution < 1.29 is 4.42 Å². The van der Waals surface area contributed by atoms with Crippen LogP contribution in [0.3, 0.4) is 0 Å². The number of furan rings is 1. The van der Waals surface area contributed by atoms with E-state index in [1.165, 1.54) is 10.9 Å². The molecule has 0 saturated heterocycles. The zero-order chi connectivity index (χ0) is 11.5. The molecule has 2 rings (SSSR count). The van der Waals surface area contributed by atoms with Crippen molar-refractivity contribution in [3.8, 4) is 0 Å². The lowest BCUT2D eigenvalue weighted by Gasteiger charge is -2.04. The van der Waals surface area contributed by atoms with Gasteiger partial charge in [0, 0.05) is 5.39 Å². The molecule has 0 bridgehead atoms. The van der Waals surface area contributed by atoms with E-state index < -0.39 is 0 Å². The molecule has 0 saturated carbocycles. The topological polar surface area (TPSA) is 39.2 Å². The van der Waals surface area contributed by atoms with Crippen molar-refractivity contribution in [3.05, 3.63) is 35.6 Å². The van der Waals surface area contributed by atoms with Gasteiger partial charge in [-0.3, -0.25) is 0 Å². The molecule has 2 heteroatoms. The third kappa shape index (κ3) is 2.12. The van der Waals surface area contributed by atoms with Crippen molar-refractivity contribution >= 4 is 11.0 Å². The molecule has 0 amide bonds. The van der Waals surface area contributed by atoms with Crippen LogP contribution in [0.1, 0.15) is 44.1 Å². The third-order valence-corrected chi connectivity index (χ3v) is 2.97. The van der Waals surface area contributed by atoms with Crippen LogP contribution in [0.15, 0.2) is 28.7 Å². The van der Waals surface area contributed by atoms with E-state index >= 15 is 0 Å². The first-order valence-electron chi connectivity index (χ1n) is 6.02. The predicted molar refractivity (Wildman–Crippen MR) is 67.4 cm³/mol. The number of hydrogen-bond acceptors (Lipinski definition) is 2. The van der Waals surface area contributed by atoms with Crippen molar-refractivity contribution in [2.75, 3.05) is 0 Å². The maximum absolute atomic E-state index is 6.05. The largest absolute Gasteiger partial charge is 0.459 e. The van der Waals surface area contributed by atoms with Crippen molar-refractivity contribution in [3.63, 3.8) is 0 Å². The Morgan fingerprint density at radius 2 is 2.06 bits per heavy atom. The van der Waals surface area contributed by atoms with Crippen LogP contribution in [-0.4, -0.2) is 0 Å². The molecule has 2 nitrogen and oxygen atoms in total. The Labute approximate surface area is 96.4 Å². The summed E-state index contributed by atoms with van der Waals surface area (Å²) in [5.41, 5.74) is 8.33. The summed E-state index contributed by atoms with van der Waals surface area (Å²) in [4.78, 5) is 0. The van der Waals surface area contributed by atoms with Gasteiger partial charge < -0.3 is 10.2 Å². The van der Waals surface area contributed by atoms with Crippen molar-refractivity contribution in [2.24, 2.45) is 5.73 Å². The van der Waals surface area contributed by atoms with Gasteiger partial charge in [-0.05, 0) is 36.6 Å². The second-order valence-electron chi connectivity index (χ2n) is 4.27. The molecule has 86 valence electrons. The summed E-state index contributed by atoms with van der Waals surface area (Å²) in [7, 11) is 0. The van der Waals surface area contributed by atoms with Gasteiger partial charge in [0.15, 0.2) is 0 Å². The first kappa shape index (κ1) is 11.2. The summed E-state index contributed by atoms with van der Waals surface area (Å²) in [6, 6.07) is 8.44. The number of benzene rings is 1. The molecule has 0 aliphatic heterocycles. The highest BCUT2D eigenvalue weighted by Crippen LogP contribution is 2.26. The van der Waals surface area contributed by atoms with Gasteiger partial charge in [0.25, 0.3) is 0 Å². The van der Waals surface area contributed by atoms with Crippen LogP contribution in [0.2, 0.25) is 0 Å². The molecule has 1 unspecified atom stereocenters. The first-order valence-corrected chi connectivity index (χ1v) is 6.02. The van der Waals surface area contributed by atoms with Crippen molar-refractivity contribution in [2.45, 2.75) is 39.2 Å². The molecule has 2 aromatic rings. The van der Waals surface area contributed by atoms with E-state index in [0.29, 0.717) is 0 Å². The molecule has 0 spiro atoms. The Hall–Kier alpha value is -1.28. The molecule has 1 heterocycles. The highest BCUT2D eigenvalue weighted by Gasteiger charge is 2.11. The zero-order valence-corrected chi connectivity index (χ0v) is 9.99. The van der Waals surface area contributed by atoms with Crippen molar-refractivity contribution in [1.82, 2.24) is 0 Å². The van der Waals surface area contributed by atoms with E-state index in [9.17, 15) is 0 Å². The fourth-order valence-electron chi connectivity index (χ4n) is 1.97. The van der Waals surface area contributed by atoms with Crippen LogP contribution >= 0.6 is 0 Å². The number of hydrogen-bond donors (Lipinski definition) is 1. The fraction of sp³-hybridized carbons (Fsp3) is 0.429. The van der Waals surface area contributed by atoms with Crippen LogP contribution in [0.25, 0.3) is 11.0 Å². The van der Waals surface area contributed by atoms with Gasteiger partial charge in [0.2, 0.25) is 0 Å². The van der Waals surface area contributed by atoms with E-state index in [1.54, 1.807) is 0 Å². The Balaban J connectivity index is 2.35. The second kappa shape index (κ2) is 4.71. The maximum Gasteiger partial charge on any atom is 0.134 e. The SMILES string of the molecule is CCCC(N)c1cc2cc(CC)ccc2o1. The summed E-state index contributed by atoms with van der Waals surface area (Å²) >= 11 is 0. The monoisotopic (exact) mass is 217 g/mol. The Morgan fingerprint density at radius 1 is 1.25 bits per heavy atom. The number of aryl methyl sites for hydroxylation is 1. The molecule has 0 aliphatic rings. The normalized spacial score (nSPS) is 13.2. The van der Waals surface area contributed by atoms with Gasteiger partial charge >= 0.3 is 0 Å². The van der Waals surface area contributed by atoms with E-state index in [-0.39, 0.29) is 6.04 Å². The lowest BCUT2D eigenvalue weighted by molar-refractivity contribution is 0.475. The summed E-state index contributed by atoms with van der Waals surface area (Å²) < 4.78 is 5.76. The van der Waals surface area contributed by atoms with Crippen LogP contribution in [0.5, 0.6) is 0 Å². The Kier molecular flexibility index (Phi) is 3.30. The highest BCUT2D eigenvalue weighted by atomic mass is 16.3. The van der Waals surface area contributed by atoms with E-state index in [4.69, 9.17) is 10.2 Å². The minimum atomic E-state index is 0.0301.